The second kappa shape index (κ2) is 5.13. The number of nitrogens with two attached hydrogens (primary N) is 1. The average molecular weight is 252 g/mol. The van der Waals surface area contributed by atoms with E-state index < -0.39 is 0 Å². The summed E-state index contributed by atoms with van der Waals surface area (Å²) in [6.45, 7) is 12.9. The van der Waals surface area contributed by atoms with Crippen LogP contribution in [0.15, 0.2) is 0 Å². The minimum Gasteiger partial charge on any atom is -0.329 e. The van der Waals surface area contributed by atoms with Gasteiger partial charge in [0.05, 0.1) is 0 Å². The van der Waals surface area contributed by atoms with Gasteiger partial charge in [0.1, 0.15) is 0 Å². The van der Waals surface area contributed by atoms with Crippen molar-refractivity contribution in [3.63, 3.8) is 0 Å². The van der Waals surface area contributed by atoms with Crippen molar-refractivity contribution in [2.75, 3.05) is 19.6 Å². The number of nitrogens with zero attached hydrogens (tertiary/aromatic N) is 1. The van der Waals surface area contributed by atoms with Gasteiger partial charge in [0.15, 0.2) is 0 Å². The van der Waals surface area contributed by atoms with Crippen molar-refractivity contribution in [3.05, 3.63) is 0 Å². The Morgan fingerprint density at radius 2 is 2.00 bits per heavy atom. The van der Waals surface area contributed by atoms with Crippen molar-refractivity contribution in [2.24, 2.45) is 23.0 Å². The molecule has 0 aromatic heterocycles. The summed E-state index contributed by atoms with van der Waals surface area (Å²) >= 11 is 0. The van der Waals surface area contributed by atoms with E-state index in [-0.39, 0.29) is 0 Å². The lowest BCUT2D eigenvalue weighted by atomic mass is 9.80. The zero-order valence-electron chi connectivity index (χ0n) is 12.8. The van der Waals surface area contributed by atoms with E-state index in [9.17, 15) is 0 Å². The second-order valence-electron chi connectivity index (χ2n) is 7.74. The highest BCUT2D eigenvalue weighted by Crippen LogP contribution is 2.44. The molecule has 106 valence electrons. The van der Waals surface area contributed by atoms with E-state index in [2.05, 4.69) is 32.6 Å². The zero-order valence-corrected chi connectivity index (χ0v) is 12.8. The van der Waals surface area contributed by atoms with Crippen LogP contribution in [0.3, 0.4) is 0 Å². The molecule has 2 nitrogen and oxygen atoms in total. The Labute approximate surface area is 113 Å². The molecule has 1 aliphatic carbocycles. The highest BCUT2D eigenvalue weighted by molar-refractivity contribution is 5.02. The fourth-order valence-corrected chi connectivity index (χ4v) is 4.06. The molecular formula is C16H32N2. The molecule has 2 aliphatic rings. The van der Waals surface area contributed by atoms with Gasteiger partial charge in [0.25, 0.3) is 0 Å². The highest BCUT2D eigenvalue weighted by Gasteiger charge is 2.46. The topological polar surface area (TPSA) is 29.3 Å². The molecule has 2 rings (SSSR count). The number of rotatable bonds is 3. The van der Waals surface area contributed by atoms with E-state index in [4.69, 9.17) is 5.73 Å². The Morgan fingerprint density at radius 3 is 2.44 bits per heavy atom. The molecule has 3 unspecified atom stereocenters. The third-order valence-corrected chi connectivity index (χ3v) is 5.73. The van der Waals surface area contributed by atoms with Gasteiger partial charge in [0, 0.05) is 18.6 Å². The summed E-state index contributed by atoms with van der Waals surface area (Å²) in [7, 11) is 0. The monoisotopic (exact) mass is 252 g/mol. The lowest BCUT2D eigenvalue weighted by molar-refractivity contribution is 0.108. The number of hydrogen-bond donors (Lipinski definition) is 1. The number of likely N-dealkylation sites (tertiary alicyclic amines) is 1. The Hall–Kier alpha value is -0.0800. The fraction of sp³-hybridized carbons (Fsp3) is 1.00. The molecule has 0 aromatic carbocycles. The average Bonchev–Trinajstić information content (AvgIpc) is 2.95. The summed E-state index contributed by atoms with van der Waals surface area (Å²) < 4.78 is 0. The zero-order chi connectivity index (χ0) is 13.4. The molecule has 1 heterocycles. The summed E-state index contributed by atoms with van der Waals surface area (Å²) in [5.74, 6) is 1.77. The molecule has 2 fully saturated rings. The minimum atomic E-state index is 0.348. The van der Waals surface area contributed by atoms with Gasteiger partial charge in [-0.3, -0.25) is 4.90 Å². The summed E-state index contributed by atoms with van der Waals surface area (Å²) in [6.07, 6.45) is 6.76. The van der Waals surface area contributed by atoms with Crippen LogP contribution < -0.4 is 5.73 Å². The molecule has 1 saturated carbocycles. The molecule has 1 saturated heterocycles. The van der Waals surface area contributed by atoms with E-state index in [0.717, 1.165) is 18.4 Å². The molecule has 0 spiro atoms. The fourth-order valence-electron chi connectivity index (χ4n) is 4.06. The second-order valence-corrected chi connectivity index (χ2v) is 7.74. The maximum Gasteiger partial charge on any atom is 0.0334 e. The van der Waals surface area contributed by atoms with Crippen LogP contribution in [0, 0.1) is 17.3 Å². The van der Waals surface area contributed by atoms with Gasteiger partial charge in [-0.05, 0) is 49.5 Å². The van der Waals surface area contributed by atoms with Gasteiger partial charge in [-0.2, -0.15) is 0 Å². The van der Waals surface area contributed by atoms with Gasteiger partial charge in [-0.25, -0.2) is 0 Å². The lowest BCUT2D eigenvalue weighted by Gasteiger charge is -2.39. The van der Waals surface area contributed by atoms with Crippen molar-refractivity contribution >= 4 is 0 Å². The maximum absolute atomic E-state index is 6.18. The predicted octanol–water partition coefficient (Wildman–Crippen LogP) is 3.26. The predicted molar refractivity (Wildman–Crippen MR) is 78.6 cm³/mol. The van der Waals surface area contributed by atoms with E-state index in [1.807, 2.05) is 0 Å². The van der Waals surface area contributed by atoms with Crippen LogP contribution in [0.2, 0.25) is 0 Å². The molecule has 1 aliphatic heterocycles. The molecule has 0 radical (unpaired) electrons. The van der Waals surface area contributed by atoms with Crippen molar-refractivity contribution in [2.45, 2.75) is 65.3 Å². The van der Waals surface area contributed by atoms with Crippen molar-refractivity contribution < 1.29 is 0 Å². The van der Waals surface area contributed by atoms with Gasteiger partial charge >= 0.3 is 0 Å². The molecule has 2 heteroatoms. The molecular weight excluding hydrogens is 220 g/mol. The summed E-state index contributed by atoms with van der Waals surface area (Å²) in [4.78, 5) is 2.75. The Kier molecular flexibility index (Phi) is 4.08. The first-order chi connectivity index (χ1) is 8.41. The first-order valence-corrected chi connectivity index (χ1v) is 7.86. The molecule has 0 bridgehead atoms. The van der Waals surface area contributed by atoms with Crippen LogP contribution >= 0.6 is 0 Å². The molecule has 2 N–H and O–H groups in total. The highest BCUT2D eigenvalue weighted by atomic mass is 15.2. The van der Waals surface area contributed by atoms with Crippen LogP contribution in [-0.4, -0.2) is 30.1 Å². The van der Waals surface area contributed by atoms with Crippen LogP contribution in [0.5, 0.6) is 0 Å². The standard InChI is InChI=1S/C16H32N2/c1-5-13-6-8-16(10-13,12-17)18-9-7-14(11-18)15(2,3)4/h13-14H,5-12,17H2,1-4H3. The van der Waals surface area contributed by atoms with Crippen molar-refractivity contribution in [1.82, 2.24) is 4.90 Å². The molecule has 0 aromatic rings. The van der Waals surface area contributed by atoms with E-state index in [0.29, 0.717) is 11.0 Å². The summed E-state index contributed by atoms with van der Waals surface area (Å²) in [5.41, 5.74) is 6.98. The van der Waals surface area contributed by atoms with E-state index in [1.165, 1.54) is 45.2 Å². The smallest absolute Gasteiger partial charge is 0.0334 e. The van der Waals surface area contributed by atoms with Gasteiger partial charge in [-0.15, -0.1) is 0 Å². The normalized spacial score (nSPS) is 38.5. The lowest BCUT2D eigenvalue weighted by Crippen LogP contribution is -2.51. The van der Waals surface area contributed by atoms with Gasteiger partial charge in [0.2, 0.25) is 0 Å². The maximum atomic E-state index is 6.18. The summed E-state index contributed by atoms with van der Waals surface area (Å²) in [5, 5.41) is 0. The van der Waals surface area contributed by atoms with Crippen molar-refractivity contribution in [3.8, 4) is 0 Å². The van der Waals surface area contributed by atoms with Gasteiger partial charge in [-0.1, -0.05) is 34.1 Å². The first-order valence-electron chi connectivity index (χ1n) is 7.86. The first kappa shape index (κ1) is 14.3. The van der Waals surface area contributed by atoms with Crippen LogP contribution in [-0.2, 0) is 0 Å². The SMILES string of the molecule is CCC1CCC(CN)(N2CCC(C(C)(C)C)C2)C1. The minimum absolute atomic E-state index is 0.348. The summed E-state index contributed by atoms with van der Waals surface area (Å²) in [6, 6.07) is 0. The van der Waals surface area contributed by atoms with Crippen molar-refractivity contribution in [1.29, 1.82) is 0 Å². The van der Waals surface area contributed by atoms with E-state index in [1.54, 1.807) is 0 Å². The molecule has 18 heavy (non-hydrogen) atoms. The number of hydrogen-bond acceptors (Lipinski definition) is 2. The largest absolute Gasteiger partial charge is 0.329 e. The van der Waals surface area contributed by atoms with Gasteiger partial charge < -0.3 is 5.73 Å². The quantitative estimate of drug-likeness (QED) is 0.835. The van der Waals surface area contributed by atoms with E-state index >= 15 is 0 Å². The Morgan fingerprint density at radius 1 is 1.28 bits per heavy atom. The van der Waals surface area contributed by atoms with Crippen LogP contribution in [0.25, 0.3) is 0 Å². The van der Waals surface area contributed by atoms with Crippen LogP contribution in [0.1, 0.15) is 59.8 Å². The molecule has 0 amide bonds. The van der Waals surface area contributed by atoms with Crippen LogP contribution in [0.4, 0.5) is 0 Å². The Balaban J connectivity index is 2.03. The molecule has 3 atom stereocenters. The third kappa shape index (κ3) is 2.60. The third-order valence-electron chi connectivity index (χ3n) is 5.73. The Bertz CT molecular complexity index is 281.